The zero-order valence-electron chi connectivity index (χ0n) is 22.6. The van der Waals surface area contributed by atoms with Gasteiger partial charge in [0.2, 0.25) is 17.8 Å². The van der Waals surface area contributed by atoms with Crippen molar-refractivity contribution >= 4 is 46.4 Å². The monoisotopic (exact) mass is 551 g/mol. The van der Waals surface area contributed by atoms with Crippen LogP contribution in [0.25, 0.3) is 0 Å². The van der Waals surface area contributed by atoms with Gasteiger partial charge in [-0.15, -0.1) is 0 Å². The molecule has 0 saturated heterocycles. The lowest BCUT2D eigenvalue weighted by Crippen LogP contribution is -2.28. The highest BCUT2D eigenvalue weighted by molar-refractivity contribution is 6.35. The SMILES string of the molecule is C=CC(=O)Nc1ccccc1Nc1ncc(CN(C(C)=O)c2cc(O)cc(OC)c2Cl)c(C)n1.CCC1CC1. The minimum absolute atomic E-state index is 0.0859. The molecule has 0 radical (unpaired) electrons. The fourth-order valence-corrected chi connectivity index (χ4v) is 3.98. The van der Waals surface area contributed by atoms with E-state index in [0.29, 0.717) is 34.3 Å². The Morgan fingerprint density at radius 3 is 2.49 bits per heavy atom. The van der Waals surface area contributed by atoms with E-state index in [0.717, 1.165) is 5.92 Å². The molecule has 3 aromatic rings. The molecule has 3 N–H and O–H groups in total. The molecule has 1 aromatic heterocycles. The van der Waals surface area contributed by atoms with Crippen LogP contribution in [0.4, 0.5) is 23.0 Å². The second kappa shape index (κ2) is 13.6. The molecule has 206 valence electrons. The van der Waals surface area contributed by atoms with Gasteiger partial charge in [-0.25, -0.2) is 9.97 Å². The molecule has 0 unspecified atom stereocenters. The van der Waals surface area contributed by atoms with Gasteiger partial charge in [0.15, 0.2) is 0 Å². The zero-order chi connectivity index (χ0) is 28.5. The molecule has 0 atom stereocenters. The molecule has 4 rings (SSSR count). The van der Waals surface area contributed by atoms with E-state index < -0.39 is 0 Å². The number of halogens is 1. The Balaban J connectivity index is 0.000000753. The molecular formula is C29H34ClN5O4. The quantitative estimate of drug-likeness (QED) is 0.264. The van der Waals surface area contributed by atoms with Crippen LogP contribution in [-0.4, -0.2) is 34.0 Å². The summed E-state index contributed by atoms with van der Waals surface area (Å²) in [5, 5.41) is 16.0. The van der Waals surface area contributed by atoms with Gasteiger partial charge in [-0.3, -0.25) is 9.59 Å². The van der Waals surface area contributed by atoms with Gasteiger partial charge < -0.3 is 25.4 Å². The van der Waals surface area contributed by atoms with E-state index in [9.17, 15) is 14.7 Å². The minimum Gasteiger partial charge on any atom is -0.508 e. The van der Waals surface area contributed by atoms with E-state index in [-0.39, 0.29) is 34.9 Å². The van der Waals surface area contributed by atoms with Crippen LogP contribution in [-0.2, 0) is 16.1 Å². The molecule has 1 saturated carbocycles. The molecule has 1 aliphatic rings. The number of aromatic nitrogens is 2. The van der Waals surface area contributed by atoms with E-state index in [1.807, 2.05) is 6.07 Å². The number of carbonyl (C=O) groups excluding carboxylic acids is 2. The smallest absolute Gasteiger partial charge is 0.247 e. The summed E-state index contributed by atoms with van der Waals surface area (Å²) in [7, 11) is 1.42. The molecule has 9 nitrogen and oxygen atoms in total. The van der Waals surface area contributed by atoms with Gasteiger partial charge >= 0.3 is 0 Å². The van der Waals surface area contributed by atoms with Crippen LogP contribution < -0.4 is 20.3 Å². The number of ether oxygens (including phenoxy) is 1. The number of phenols is 1. The summed E-state index contributed by atoms with van der Waals surface area (Å²) < 4.78 is 5.19. The fourth-order valence-electron chi connectivity index (χ4n) is 3.69. The van der Waals surface area contributed by atoms with Crippen molar-refractivity contribution in [1.29, 1.82) is 0 Å². The van der Waals surface area contributed by atoms with Crippen molar-refractivity contribution in [2.75, 3.05) is 22.6 Å². The van der Waals surface area contributed by atoms with Crippen LogP contribution in [0.5, 0.6) is 11.5 Å². The van der Waals surface area contributed by atoms with Crippen molar-refractivity contribution in [2.45, 2.75) is 46.6 Å². The summed E-state index contributed by atoms with van der Waals surface area (Å²) in [6, 6.07) is 9.88. The molecular weight excluding hydrogens is 518 g/mol. The number of anilines is 4. The first-order valence-corrected chi connectivity index (χ1v) is 13.0. The van der Waals surface area contributed by atoms with Gasteiger partial charge in [-0.05, 0) is 31.1 Å². The zero-order valence-corrected chi connectivity index (χ0v) is 23.4. The van der Waals surface area contributed by atoms with Crippen LogP contribution in [0.2, 0.25) is 5.02 Å². The van der Waals surface area contributed by atoms with Crippen LogP contribution in [0, 0.1) is 12.8 Å². The van der Waals surface area contributed by atoms with Gasteiger partial charge in [0.1, 0.15) is 16.5 Å². The van der Waals surface area contributed by atoms with E-state index in [2.05, 4.69) is 34.1 Å². The Bertz CT molecular complexity index is 1340. The van der Waals surface area contributed by atoms with Crippen molar-refractivity contribution in [3.05, 3.63) is 71.5 Å². The van der Waals surface area contributed by atoms with Crippen LogP contribution >= 0.6 is 11.6 Å². The summed E-state index contributed by atoms with van der Waals surface area (Å²) >= 11 is 6.40. The predicted octanol–water partition coefficient (Wildman–Crippen LogP) is 6.38. The van der Waals surface area contributed by atoms with Crippen molar-refractivity contribution in [3.63, 3.8) is 0 Å². The van der Waals surface area contributed by atoms with Gasteiger partial charge in [0.25, 0.3) is 0 Å². The van der Waals surface area contributed by atoms with Gasteiger partial charge in [0, 0.05) is 36.5 Å². The summed E-state index contributed by atoms with van der Waals surface area (Å²) in [5.74, 6) is 0.981. The number of methoxy groups -OCH3 is 1. The lowest BCUT2D eigenvalue weighted by atomic mass is 10.2. The maximum atomic E-state index is 12.4. The van der Waals surface area contributed by atoms with Crippen molar-refractivity contribution in [2.24, 2.45) is 5.92 Å². The number of rotatable bonds is 9. The average molecular weight is 552 g/mol. The summed E-state index contributed by atoms with van der Waals surface area (Å²) in [4.78, 5) is 34.4. The first-order chi connectivity index (χ1) is 18.7. The van der Waals surface area contributed by atoms with Crippen molar-refractivity contribution in [3.8, 4) is 11.5 Å². The third-order valence-corrected chi connectivity index (χ3v) is 6.58. The lowest BCUT2D eigenvalue weighted by Gasteiger charge is -2.24. The predicted molar refractivity (Wildman–Crippen MR) is 155 cm³/mol. The van der Waals surface area contributed by atoms with Crippen LogP contribution in [0.15, 0.2) is 55.3 Å². The number of hydrogen-bond donors (Lipinski definition) is 3. The summed E-state index contributed by atoms with van der Waals surface area (Å²) in [6.07, 6.45) is 7.22. The topological polar surface area (TPSA) is 117 Å². The Labute approximate surface area is 233 Å². The van der Waals surface area contributed by atoms with Gasteiger partial charge in [-0.1, -0.05) is 56.5 Å². The number of carbonyl (C=O) groups is 2. The first-order valence-electron chi connectivity index (χ1n) is 12.6. The molecule has 2 amide bonds. The van der Waals surface area contributed by atoms with Crippen molar-refractivity contribution < 1.29 is 19.4 Å². The third-order valence-electron chi connectivity index (χ3n) is 6.20. The first kappa shape index (κ1) is 29.4. The number of aryl methyl sites for hydroxylation is 1. The maximum absolute atomic E-state index is 12.4. The molecule has 0 spiro atoms. The highest BCUT2D eigenvalue weighted by Gasteiger charge is 2.21. The summed E-state index contributed by atoms with van der Waals surface area (Å²) in [6.45, 7) is 9.03. The summed E-state index contributed by atoms with van der Waals surface area (Å²) in [5.41, 5.74) is 2.76. The molecule has 0 bridgehead atoms. The second-order valence-electron chi connectivity index (χ2n) is 9.11. The number of nitrogens with one attached hydrogen (secondary N) is 2. The third kappa shape index (κ3) is 8.19. The number of benzene rings is 2. The molecule has 39 heavy (non-hydrogen) atoms. The second-order valence-corrected chi connectivity index (χ2v) is 9.48. The number of amides is 2. The van der Waals surface area contributed by atoms with E-state index in [1.165, 1.54) is 56.4 Å². The van der Waals surface area contributed by atoms with E-state index >= 15 is 0 Å². The molecule has 1 heterocycles. The van der Waals surface area contributed by atoms with Crippen molar-refractivity contribution in [1.82, 2.24) is 9.97 Å². The Kier molecular flexibility index (Phi) is 10.3. The maximum Gasteiger partial charge on any atom is 0.247 e. The average Bonchev–Trinajstić information content (AvgIpc) is 3.76. The van der Waals surface area contributed by atoms with Gasteiger partial charge in [-0.2, -0.15) is 0 Å². The highest BCUT2D eigenvalue weighted by Crippen LogP contribution is 2.39. The highest BCUT2D eigenvalue weighted by atomic mass is 35.5. The molecule has 0 aliphatic heterocycles. The molecule has 1 aliphatic carbocycles. The number of nitrogens with zero attached hydrogens (tertiary/aromatic N) is 3. The Morgan fingerprint density at radius 2 is 1.95 bits per heavy atom. The van der Waals surface area contributed by atoms with Crippen LogP contribution in [0.1, 0.15) is 44.4 Å². The Morgan fingerprint density at radius 1 is 1.26 bits per heavy atom. The molecule has 2 aromatic carbocycles. The number of aromatic hydroxyl groups is 1. The number of hydrogen-bond acceptors (Lipinski definition) is 7. The largest absolute Gasteiger partial charge is 0.508 e. The van der Waals surface area contributed by atoms with Gasteiger partial charge in [0.05, 0.1) is 30.7 Å². The standard InChI is InChI=1S/C24H24ClN5O4.C5H10/c1-5-22(33)28-18-8-6-7-9-19(18)29-24-26-12-16(14(2)27-24)13-30(15(3)31)20-10-17(32)11-21(34-4)23(20)25;1-2-5-3-4-5/h5-12,32H,1,13H2,2-4H3,(H,28,33)(H,26,27,29);5H,2-4H2,1H3. The van der Waals surface area contributed by atoms with Crippen LogP contribution in [0.3, 0.4) is 0 Å². The Hall–Kier alpha value is -4.11. The molecule has 1 fully saturated rings. The minimum atomic E-state index is -0.340. The van der Waals surface area contributed by atoms with E-state index in [1.54, 1.807) is 31.3 Å². The number of phenolic OH excluding ortho intramolecular Hbond substituents is 1. The fraction of sp³-hybridized carbons (Fsp3) is 0.310. The lowest BCUT2D eigenvalue weighted by molar-refractivity contribution is -0.116. The normalized spacial score (nSPS) is 12.0. The number of para-hydroxylation sites is 2. The molecule has 10 heteroatoms. The van der Waals surface area contributed by atoms with E-state index in [4.69, 9.17) is 16.3 Å².